The Balaban J connectivity index is 1.70. The molecule has 1 aliphatic carbocycles. The van der Waals surface area contributed by atoms with E-state index in [0.29, 0.717) is 6.42 Å². The third kappa shape index (κ3) is 7.52. The summed E-state index contributed by atoms with van der Waals surface area (Å²) in [5, 5.41) is 3.12. The molecule has 1 atom stereocenters. The summed E-state index contributed by atoms with van der Waals surface area (Å²) >= 11 is 0. The van der Waals surface area contributed by atoms with Crippen molar-refractivity contribution in [3.63, 3.8) is 0 Å². The van der Waals surface area contributed by atoms with Gasteiger partial charge in [0.2, 0.25) is 11.8 Å². The molecule has 3 aromatic carbocycles. The first-order valence-corrected chi connectivity index (χ1v) is 15.6. The minimum atomic E-state index is -4.32. The molecule has 0 bridgehead atoms. The number of carbonyl (C=O) groups is 2. The molecule has 41 heavy (non-hydrogen) atoms. The zero-order valence-electron chi connectivity index (χ0n) is 23.6. The van der Waals surface area contributed by atoms with Crippen LogP contribution in [0.25, 0.3) is 0 Å². The number of nitrogens with zero attached hydrogens (tertiary/aromatic N) is 2. The number of para-hydroxylation sites is 1. The van der Waals surface area contributed by atoms with Crippen LogP contribution in [0.1, 0.15) is 56.6 Å². The van der Waals surface area contributed by atoms with Crippen molar-refractivity contribution in [2.24, 2.45) is 0 Å². The number of rotatable bonds is 11. The molecule has 3 aromatic rings. The van der Waals surface area contributed by atoms with Gasteiger partial charge in [0.05, 0.1) is 10.6 Å². The number of anilines is 1. The Labute approximate surface area is 242 Å². The number of halogens is 1. The maximum atomic E-state index is 15.1. The lowest BCUT2D eigenvalue weighted by Crippen LogP contribution is -2.54. The molecule has 9 heteroatoms. The van der Waals surface area contributed by atoms with Crippen molar-refractivity contribution in [1.29, 1.82) is 0 Å². The molecule has 0 aromatic heterocycles. The Kier molecular flexibility index (Phi) is 10.2. The number of amides is 2. The first-order chi connectivity index (χ1) is 19.7. The molecular weight excluding hydrogens is 541 g/mol. The van der Waals surface area contributed by atoms with Gasteiger partial charge in [0.15, 0.2) is 0 Å². The molecule has 7 nitrogen and oxygen atoms in total. The molecule has 0 radical (unpaired) electrons. The molecular formula is C32H38FN3O4S. The van der Waals surface area contributed by atoms with Crippen LogP contribution in [0.15, 0.2) is 83.8 Å². The zero-order chi connectivity index (χ0) is 29.4. The van der Waals surface area contributed by atoms with Gasteiger partial charge in [0.25, 0.3) is 10.0 Å². The predicted octanol–water partition coefficient (Wildman–Crippen LogP) is 5.59. The van der Waals surface area contributed by atoms with E-state index >= 15 is 4.39 Å². The third-order valence-corrected chi connectivity index (χ3v) is 9.32. The highest BCUT2D eigenvalue weighted by Crippen LogP contribution is 2.27. The summed E-state index contributed by atoms with van der Waals surface area (Å²) in [7, 11) is -4.32. The zero-order valence-corrected chi connectivity index (χ0v) is 24.4. The van der Waals surface area contributed by atoms with E-state index in [1.165, 1.54) is 35.2 Å². The first-order valence-electron chi connectivity index (χ1n) is 14.2. The van der Waals surface area contributed by atoms with Gasteiger partial charge in [-0.05, 0) is 56.0 Å². The average molecular weight is 580 g/mol. The van der Waals surface area contributed by atoms with Crippen LogP contribution in [0.3, 0.4) is 0 Å². The maximum absolute atomic E-state index is 15.1. The van der Waals surface area contributed by atoms with Crippen molar-refractivity contribution in [3.8, 4) is 0 Å². The molecule has 1 N–H and O–H groups in total. The van der Waals surface area contributed by atoms with E-state index in [1.807, 2.05) is 44.2 Å². The molecule has 0 heterocycles. The molecule has 218 valence electrons. The number of hydrogen-bond donors (Lipinski definition) is 1. The van der Waals surface area contributed by atoms with E-state index in [0.717, 1.165) is 53.6 Å². The fourth-order valence-electron chi connectivity index (χ4n) is 5.25. The number of nitrogens with one attached hydrogen (secondary N) is 1. The summed E-state index contributed by atoms with van der Waals surface area (Å²) in [6, 6.07) is 20.1. The van der Waals surface area contributed by atoms with Gasteiger partial charge in [0.1, 0.15) is 18.4 Å². The number of aryl methyl sites for hydroxylation is 1. The van der Waals surface area contributed by atoms with E-state index < -0.39 is 34.3 Å². The number of benzene rings is 3. The van der Waals surface area contributed by atoms with Crippen molar-refractivity contribution in [3.05, 3.63) is 95.8 Å². The van der Waals surface area contributed by atoms with Crippen LogP contribution < -0.4 is 9.62 Å². The van der Waals surface area contributed by atoms with Crippen LogP contribution in [-0.4, -0.2) is 43.8 Å². The van der Waals surface area contributed by atoms with Crippen LogP contribution in [0.4, 0.5) is 10.1 Å². The number of sulfonamides is 1. The first kappa shape index (κ1) is 30.2. The van der Waals surface area contributed by atoms with Crippen LogP contribution >= 0.6 is 0 Å². The molecule has 0 spiro atoms. The summed E-state index contributed by atoms with van der Waals surface area (Å²) in [4.78, 5) is 29.0. The van der Waals surface area contributed by atoms with Crippen molar-refractivity contribution < 1.29 is 22.4 Å². The Morgan fingerprint density at radius 3 is 2.20 bits per heavy atom. The topological polar surface area (TPSA) is 86.8 Å². The fourth-order valence-corrected chi connectivity index (χ4v) is 6.67. The summed E-state index contributed by atoms with van der Waals surface area (Å²) in [6.45, 7) is 3.09. The van der Waals surface area contributed by atoms with Crippen molar-refractivity contribution in [2.75, 3.05) is 10.8 Å². The second-order valence-electron chi connectivity index (χ2n) is 10.6. The molecule has 0 saturated heterocycles. The molecule has 1 saturated carbocycles. The van der Waals surface area contributed by atoms with E-state index in [9.17, 15) is 18.0 Å². The van der Waals surface area contributed by atoms with E-state index in [4.69, 9.17) is 0 Å². The second kappa shape index (κ2) is 13.8. The lowest BCUT2D eigenvalue weighted by Gasteiger charge is -2.34. The quantitative estimate of drug-likeness (QED) is 0.321. The van der Waals surface area contributed by atoms with E-state index in [-0.39, 0.29) is 29.1 Å². The fraction of sp³-hybridized carbons (Fsp3) is 0.375. The predicted molar refractivity (Wildman–Crippen MR) is 158 cm³/mol. The highest BCUT2D eigenvalue weighted by atomic mass is 32.2. The summed E-state index contributed by atoms with van der Waals surface area (Å²) < 4.78 is 43.6. The van der Waals surface area contributed by atoms with Gasteiger partial charge in [0, 0.05) is 12.6 Å². The third-order valence-electron chi connectivity index (χ3n) is 7.54. The standard InChI is InChI=1S/C32H38FN3O4S/c1-3-29(32(38)34-26-14-8-5-9-15-26)35(22-25-12-6-4-7-13-25)31(37)23-36(30-17-11-10-16-28(30)33)41(39,40)27-20-18-24(2)19-21-27/h4,6-7,10-13,16-21,26,29H,3,5,8-9,14-15,22-23H2,1-2H3,(H,34,38). The van der Waals surface area contributed by atoms with Gasteiger partial charge >= 0.3 is 0 Å². The second-order valence-corrected chi connectivity index (χ2v) is 12.4. The molecule has 0 aliphatic heterocycles. The normalized spacial score (nSPS) is 14.7. The van der Waals surface area contributed by atoms with Crippen LogP contribution in [0.2, 0.25) is 0 Å². The monoisotopic (exact) mass is 579 g/mol. The number of carbonyl (C=O) groups excluding carboxylic acids is 2. The Morgan fingerprint density at radius 2 is 1.56 bits per heavy atom. The minimum Gasteiger partial charge on any atom is -0.352 e. The van der Waals surface area contributed by atoms with Gasteiger partial charge in [-0.15, -0.1) is 0 Å². The van der Waals surface area contributed by atoms with Crippen LogP contribution in [0.5, 0.6) is 0 Å². The Bertz CT molecular complexity index is 1420. The summed E-state index contributed by atoms with van der Waals surface area (Å²) in [5.41, 5.74) is 1.42. The number of hydrogen-bond acceptors (Lipinski definition) is 4. The van der Waals surface area contributed by atoms with Gasteiger partial charge in [-0.25, -0.2) is 12.8 Å². The largest absolute Gasteiger partial charge is 0.352 e. The average Bonchev–Trinajstić information content (AvgIpc) is 2.97. The van der Waals surface area contributed by atoms with E-state index in [2.05, 4.69) is 5.32 Å². The van der Waals surface area contributed by atoms with Crippen LogP contribution in [-0.2, 0) is 26.2 Å². The lowest BCUT2D eigenvalue weighted by atomic mass is 9.95. The van der Waals surface area contributed by atoms with Gasteiger partial charge in [-0.1, -0.05) is 86.3 Å². The molecule has 1 aliphatic rings. The lowest BCUT2D eigenvalue weighted by molar-refractivity contribution is -0.140. The molecule has 2 amide bonds. The summed E-state index contributed by atoms with van der Waals surface area (Å²) in [6.07, 6.45) is 5.35. The Hall–Kier alpha value is -3.72. The van der Waals surface area contributed by atoms with Gasteiger partial charge < -0.3 is 10.2 Å². The molecule has 4 rings (SSSR count). The highest BCUT2D eigenvalue weighted by molar-refractivity contribution is 7.92. The molecule has 1 unspecified atom stereocenters. The smallest absolute Gasteiger partial charge is 0.264 e. The van der Waals surface area contributed by atoms with Gasteiger partial charge in [-0.2, -0.15) is 0 Å². The molecule has 1 fully saturated rings. The van der Waals surface area contributed by atoms with Crippen molar-refractivity contribution >= 4 is 27.5 Å². The SMILES string of the molecule is CCC(C(=O)NC1CCCCC1)N(Cc1ccccc1)C(=O)CN(c1ccccc1F)S(=O)(=O)c1ccc(C)cc1. The highest BCUT2D eigenvalue weighted by Gasteiger charge is 2.35. The minimum absolute atomic E-state index is 0.0517. The Morgan fingerprint density at radius 1 is 0.927 bits per heavy atom. The van der Waals surface area contributed by atoms with Gasteiger partial charge in [-0.3, -0.25) is 13.9 Å². The summed E-state index contributed by atoms with van der Waals surface area (Å²) in [5.74, 6) is -1.63. The van der Waals surface area contributed by atoms with E-state index in [1.54, 1.807) is 12.1 Å². The van der Waals surface area contributed by atoms with Crippen molar-refractivity contribution in [1.82, 2.24) is 10.2 Å². The van der Waals surface area contributed by atoms with Crippen molar-refractivity contribution in [2.45, 2.75) is 75.9 Å². The van der Waals surface area contributed by atoms with Crippen LogP contribution in [0, 0.1) is 12.7 Å². The maximum Gasteiger partial charge on any atom is 0.264 e.